The third-order valence-corrected chi connectivity index (χ3v) is 6.23. The van der Waals surface area contributed by atoms with E-state index < -0.39 is 16.6 Å². The Balaban J connectivity index is 1.98. The zero-order valence-corrected chi connectivity index (χ0v) is 16.1. The molecular formula is C20H21NO4S. The van der Waals surface area contributed by atoms with Gasteiger partial charge in [-0.3, -0.25) is 4.98 Å². The summed E-state index contributed by atoms with van der Waals surface area (Å²) in [7, 11) is 0. The van der Waals surface area contributed by atoms with Crippen molar-refractivity contribution in [2.75, 3.05) is 6.61 Å². The van der Waals surface area contributed by atoms with E-state index in [4.69, 9.17) is 9.15 Å². The van der Waals surface area contributed by atoms with Gasteiger partial charge in [-0.1, -0.05) is 20.8 Å². The molecule has 0 aliphatic carbocycles. The van der Waals surface area contributed by atoms with Crippen LogP contribution in [0.4, 0.5) is 0 Å². The Morgan fingerprint density at radius 2 is 2.08 bits per heavy atom. The Bertz CT molecular complexity index is 1060. The lowest BCUT2D eigenvalue weighted by atomic mass is 9.73. The highest BCUT2D eigenvalue weighted by Crippen LogP contribution is 2.46. The molecule has 1 unspecified atom stereocenters. The van der Waals surface area contributed by atoms with Crippen molar-refractivity contribution in [1.82, 2.24) is 4.98 Å². The monoisotopic (exact) mass is 371 g/mol. The fraction of sp³-hybridized carbons (Fsp3) is 0.400. The molecule has 1 atom stereocenters. The summed E-state index contributed by atoms with van der Waals surface area (Å²) in [5.74, 6) is 0.337. The van der Waals surface area contributed by atoms with Crippen molar-refractivity contribution in [3.63, 3.8) is 0 Å². The topological polar surface area (TPSA) is 72.6 Å². The second-order valence-electron chi connectivity index (χ2n) is 7.84. The molecule has 0 fully saturated rings. The summed E-state index contributed by atoms with van der Waals surface area (Å²) in [6.07, 6.45) is 1.76. The van der Waals surface area contributed by atoms with Crippen LogP contribution in [-0.4, -0.2) is 16.7 Å². The molecule has 4 heterocycles. The highest BCUT2D eigenvalue weighted by molar-refractivity contribution is 7.22. The van der Waals surface area contributed by atoms with Gasteiger partial charge in [0.05, 0.1) is 13.2 Å². The number of aryl methyl sites for hydroxylation is 1. The van der Waals surface area contributed by atoms with Crippen LogP contribution in [0.15, 0.2) is 33.6 Å². The van der Waals surface area contributed by atoms with Gasteiger partial charge in [0.15, 0.2) is 5.60 Å². The van der Waals surface area contributed by atoms with E-state index >= 15 is 0 Å². The summed E-state index contributed by atoms with van der Waals surface area (Å²) in [4.78, 5) is 17.8. The van der Waals surface area contributed by atoms with Gasteiger partial charge < -0.3 is 14.3 Å². The van der Waals surface area contributed by atoms with Gasteiger partial charge in [-0.05, 0) is 30.7 Å². The van der Waals surface area contributed by atoms with Gasteiger partial charge in [0.25, 0.3) is 0 Å². The third kappa shape index (κ3) is 2.52. The van der Waals surface area contributed by atoms with Crippen LogP contribution >= 0.6 is 11.3 Å². The number of hydrogen-bond donors (Lipinski definition) is 1. The Morgan fingerprint density at radius 1 is 1.31 bits per heavy atom. The highest BCUT2D eigenvalue weighted by atomic mass is 32.1. The van der Waals surface area contributed by atoms with Crippen molar-refractivity contribution in [1.29, 1.82) is 0 Å². The predicted octanol–water partition coefficient (Wildman–Crippen LogP) is 3.99. The summed E-state index contributed by atoms with van der Waals surface area (Å²) in [5, 5.41) is 12.0. The number of pyridine rings is 1. The molecule has 0 spiro atoms. The van der Waals surface area contributed by atoms with Gasteiger partial charge in [0.1, 0.15) is 10.5 Å². The van der Waals surface area contributed by atoms with Gasteiger partial charge in [-0.15, -0.1) is 11.3 Å². The fourth-order valence-corrected chi connectivity index (χ4v) is 4.39. The molecule has 26 heavy (non-hydrogen) atoms. The zero-order valence-electron chi connectivity index (χ0n) is 15.3. The number of aliphatic hydroxyl groups is 1. The summed E-state index contributed by atoms with van der Waals surface area (Å²) < 4.78 is 11.9. The van der Waals surface area contributed by atoms with Crippen molar-refractivity contribution < 1.29 is 14.3 Å². The van der Waals surface area contributed by atoms with Gasteiger partial charge in [-0.25, -0.2) is 4.79 Å². The first kappa shape index (κ1) is 17.4. The first-order valence-electron chi connectivity index (χ1n) is 8.54. The molecule has 3 aromatic rings. The molecule has 6 heteroatoms. The average Bonchev–Trinajstić information content (AvgIpc) is 3.01. The molecule has 0 aromatic carbocycles. The quantitative estimate of drug-likeness (QED) is 0.700. The first-order valence-corrected chi connectivity index (χ1v) is 9.35. The van der Waals surface area contributed by atoms with Gasteiger partial charge in [0.2, 0.25) is 0 Å². The lowest BCUT2D eigenvalue weighted by Crippen LogP contribution is -2.47. The number of fused-ring (bicyclic) bond motifs is 3. The van der Waals surface area contributed by atoms with Crippen LogP contribution in [0.25, 0.3) is 20.5 Å². The SMILES string of the molecule is Cc1cc(-c2cc3c4c(oc(=O)c3s2)C(O)(C(C)(C)C)COC4)ccn1. The minimum atomic E-state index is -1.34. The number of hydrogen-bond acceptors (Lipinski definition) is 6. The molecule has 0 bridgehead atoms. The number of rotatable bonds is 1. The molecule has 0 radical (unpaired) electrons. The number of nitrogens with zero attached hydrogens (tertiary/aromatic N) is 1. The maximum absolute atomic E-state index is 12.7. The van der Waals surface area contributed by atoms with Crippen LogP contribution in [-0.2, 0) is 16.9 Å². The smallest absolute Gasteiger partial charge is 0.354 e. The van der Waals surface area contributed by atoms with E-state index in [1.807, 2.05) is 45.9 Å². The Hall–Kier alpha value is -2.02. The second-order valence-corrected chi connectivity index (χ2v) is 8.89. The van der Waals surface area contributed by atoms with Gasteiger partial charge >= 0.3 is 5.63 Å². The minimum absolute atomic E-state index is 0.110. The predicted molar refractivity (Wildman–Crippen MR) is 101 cm³/mol. The Labute approximate surface area is 155 Å². The third-order valence-electron chi connectivity index (χ3n) is 5.07. The normalized spacial score (nSPS) is 20.3. The minimum Gasteiger partial charge on any atom is -0.423 e. The van der Waals surface area contributed by atoms with Crippen molar-refractivity contribution in [3.05, 3.63) is 51.8 Å². The Morgan fingerprint density at radius 3 is 2.77 bits per heavy atom. The lowest BCUT2D eigenvalue weighted by molar-refractivity contribution is -0.151. The number of thiophene rings is 1. The molecule has 4 rings (SSSR count). The second kappa shape index (κ2) is 5.74. The Kier molecular flexibility index (Phi) is 3.84. The van der Waals surface area contributed by atoms with E-state index in [1.165, 1.54) is 11.3 Å². The molecule has 5 nitrogen and oxygen atoms in total. The van der Waals surface area contributed by atoms with Crippen molar-refractivity contribution >= 4 is 21.4 Å². The molecule has 1 aliphatic rings. The van der Waals surface area contributed by atoms with Crippen LogP contribution in [0.3, 0.4) is 0 Å². The number of aromatic nitrogens is 1. The van der Waals surface area contributed by atoms with Crippen LogP contribution in [0.1, 0.15) is 37.8 Å². The maximum Gasteiger partial charge on any atom is 0.354 e. The van der Waals surface area contributed by atoms with Crippen LogP contribution in [0, 0.1) is 12.3 Å². The van der Waals surface area contributed by atoms with Crippen molar-refractivity contribution in [2.24, 2.45) is 5.41 Å². The highest BCUT2D eigenvalue weighted by Gasteiger charge is 2.48. The molecule has 0 saturated carbocycles. The molecule has 1 N–H and O–H groups in total. The number of ether oxygens (including phenoxy) is 1. The van der Waals surface area contributed by atoms with Crippen molar-refractivity contribution in [3.8, 4) is 10.4 Å². The molecule has 0 amide bonds. The molecule has 1 aliphatic heterocycles. The van der Waals surface area contributed by atoms with E-state index in [-0.39, 0.29) is 6.61 Å². The summed E-state index contributed by atoms with van der Waals surface area (Å²) in [6, 6.07) is 5.90. The van der Waals surface area contributed by atoms with E-state index in [2.05, 4.69) is 4.98 Å². The molecule has 136 valence electrons. The lowest BCUT2D eigenvalue weighted by Gasteiger charge is -2.42. The summed E-state index contributed by atoms with van der Waals surface area (Å²) in [5.41, 5.74) is 0.395. The standard InChI is InChI=1S/C20H21NO4S/c1-11-7-12(5-6-21-11)15-8-13-14-9-24-10-20(23,19(2,3)4)17(14)25-18(22)16(13)26-15/h5-8,23H,9-10H2,1-4H3. The largest absolute Gasteiger partial charge is 0.423 e. The van der Waals surface area contributed by atoms with Gasteiger partial charge in [0, 0.05) is 33.1 Å². The van der Waals surface area contributed by atoms with Crippen LogP contribution < -0.4 is 5.63 Å². The van der Waals surface area contributed by atoms with E-state index in [9.17, 15) is 9.90 Å². The molecule has 3 aromatic heterocycles. The maximum atomic E-state index is 12.7. The van der Waals surface area contributed by atoms with Crippen LogP contribution in [0.2, 0.25) is 0 Å². The average molecular weight is 371 g/mol. The fourth-order valence-electron chi connectivity index (χ4n) is 3.33. The van der Waals surface area contributed by atoms with Crippen LogP contribution in [0.5, 0.6) is 0 Å². The molecular weight excluding hydrogens is 350 g/mol. The first-order chi connectivity index (χ1) is 12.2. The van der Waals surface area contributed by atoms with E-state index in [0.29, 0.717) is 17.1 Å². The van der Waals surface area contributed by atoms with E-state index in [0.717, 1.165) is 27.1 Å². The zero-order chi connectivity index (χ0) is 18.7. The van der Waals surface area contributed by atoms with E-state index in [1.54, 1.807) is 6.20 Å². The van der Waals surface area contributed by atoms with Crippen molar-refractivity contribution in [2.45, 2.75) is 39.9 Å². The summed E-state index contributed by atoms with van der Waals surface area (Å²) in [6.45, 7) is 8.10. The molecule has 0 saturated heterocycles. The summed E-state index contributed by atoms with van der Waals surface area (Å²) >= 11 is 1.39. The van der Waals surface area contributed by atoms with Gasteiger partial charge in [-0.2, -0.15) is 0 Å².